The zero-order valence-electron chi connectivity index (χ0n) is 22.9. The lowest BCUT2D eigenvalue weighted by molar-refractivity contribution is -0.113. The van der Waals surface area contributed by atoms with E-state index >= 15 is 0 Å². The number of nitrogens with zero attached hydrogens (tertiary/aromatic N) is 3. The van der Waals surface area contributed by atoms with Gasteiger partial charge in [0.1, 0.15) is 18.4 Å². The molecule has 1 aromatic heterocycles. The first-order valence-corrected chi connectivity index (χ1v) is 14.5. The summed E-state index contributed by atoms with van der Waals surface area (Å²) in [4.78, 5) is 31.0. The molecule has 3 aromatic carbocycles. The van der Waals surface area contributed by atoms with Gasteiger partial charge in [0.25, 0.3) is 0 Å². The normalized spacial score (nSPS) is 12.6. The molecule has 0 fully saturated rings. The molecule has 0 aliphatic rings. The number of carbonyl (C=O) groups excluding carboxylic acids is 2. The van der Waals surface area contributed by atoms with Crippen LogP contribution in [0.1, 0.15) is 36.2 Å². The number of imidazole rings is 1. The zero-order valence-corrected chi connectivity index (χ0v) is 25.1. The number of aromatic nitrogens is 2. The number of aldehydes is 1. The Morgan fingerprint density at radius 1 is 0.902 bits per heavy atom. The average Bonchev–Trinajstić information content (AvgIpc) is 3.44. The van der Waals surface area contributed by atoms with Gasteiger partial charge in [0, 0.05) is 19.2 Å². The summed E-state index contributed by atoms with van der Waals surface area (Å²) in [6, 6.07) is 30.1. The first kappa shape index (κ1) is 30.6. The second-order valence-corrected chi connectivity index (χ2v) is 12.6. The molecule has 6 nitrogen and oxygen atoms in total. The average molecular weight is 613 g/mol. The number of alkyl halides is 3. The molecule has 0 saturated carbocycles. The smallest absolute Gasteiger partial charge is 0.410 e. The van der Waals surface area contributed by atoms with E-state index < -0.39 is 28.1 Å². The summed E-state index contributed by atoms with van der Waals surface area (Å²) in [5.74, 6) is -0.146. The number of hydrogen-bond donors (Lipinski definition) is 0. The first-order valence-electron chi connectivity index (χ1n) is 13.3. The van der Waals surface area contributed by atoms with Gasteiger partial charge in [-0.2, -0.15) is 0 Å². The quantitative estimate of drug-likeness (QED) is 0.101. The van der Waals surface area contributed by atoms with Crippen LogP contribution in [0.5, 0.6) is 0 Å². The first-order chi connectivity index (χ1) is 19.7. The summed E-state index contributed by atoms with van der Waals surface area (Å²) in [5, 5.41) is 0. The van der Waals surface area contributed by atoms with Crippen molar-refractivity contribution in [3.05, 3.63) is 126 Å². The molecule has 4 aromatic rings. The van der Waals surface area contributed by atoms with Crippen LogP contribution < -0.4 is 0 Å². The van der Waals surface area contributed by atoms with Crippen molar-refractivity contribution in [1.82, 2.24) is 14.5 Å². The van der Waals surface area contributed by atoms with Crippen molar-refractivity contribution in [1.29, 1.82) is 0 Å². The van der Waals surface area contributed by atoms with Crippen molar-refractivity contribution in [2.75, 3.05) is 13.2 Å². The van der Waals surface area contributed by atoms with Gasteiger partial charge in [0.15, 0.2) is 0 Å². The van der Waals surface area contributed by atoms with Gasteiger partial charge in [0.05, 0.1) is 18.1 Å². The lowest BCUT2D eigenvalue weighted by Crippen LogP contribution is -2.46. The Morgan fingerprint density at radius 3 is 1.80 bits per heavy atom. The lowest BCUT2D eigenvalue weighted by Gasteiger charge is -2.37. The highest BCUT2D eigenvalue weighted by atomic mass is 35.6. The van der Waals surface area contributed by atoms with Crippen molar-refractivity contribution in [3.63, 3.8) is 0 Å². The van der Waals surface area contributed by atoms with Crippen LogP contribution in [0.15, 0.2) is 104 Å². The molecule has 1 amide bonds. The molecular weight excluding hydrogens is 581 g/mol. The molecule has 1 heterocycles. The van der Waals surface area contributed by atoms with E-state index in [0.29, 0.717) is 6.42 Å². The molecule has 0 saturated heterocycles. The van der Waals surface area contributed by atoms with Crippen molar-refractivity contribution in [2.45, 2.75) is 35.6 Å². The van der Waals surface area contributed by atoms with Crippen LogP contribution in [-0.2, 0) is 21.5 Å². The largest absolute Gasteiger partial charge is 0.445 e. The predicted octanol–water partition coefficient (Wildman–Crippen LogP) is 7.30. The molecule has 4 rings (SSSR count). The molecule has 9 heteroatoms. The van der Waals surface area contributed by atoms with E-state index in [0.717, 1.165) is 28.7 Å². The van der Waals surface area contributed by atoms with Crippen LogP contribution in [0.3, 0.4) is 0 Å². The summed E-state index contributed by atoms with van der Waals surface area (Å²) in [6.07, 6.45) is 4.19. The fourth-order valence-electron chi connectivity index (χ4n) is 5.08. The molecule has 0 aliphatic carbocycles. The highest BCUT2D eigenvalue weighted by molar-refractivity contribution is 6.67. The van der Waals surface area contributed by atoms with E-state index in [4.69, 9.17) is 44.5 Å². The Hall–Kier alpha value is -3.32. The third kappa shape index (κ3) is 7.13. The van der Waals surface area contributed by atoms with Crippen LogP contribution in [0, 0.1) is 5.92 Å². The number of amides is 1. The van der Waals surface area contributed by atoms with E-state index in [1.807, 2.05) is 81.0 Å². The topological polar surface area (TPSA) is 64.4 Å². The summed E-state index contributed by atoms with van der Waals surface area (Å²) in [5.41, 5.74) is 3.24. The zero-order chi connectivity index (χ0) is 29.5. The minimum absolute atomic E-state index is 0.146. The molecule has 214 valence electrons. The summed E-state index contributed by atoms with van der Waals surface area (Å²) in [6.45, 7) is 3.47. The van der Waals surface area contributed by atoms with E-state index in [2.05, 4.69) is 41.0 Å². The molecule has 0 bridgehead atoms. The van der Waals surface area contributed by atoms with Crippen LogP contribution in [-0.4, -0.2) is 49.8 Å². The Balaban J connectivity index is 1.73. The number of carbonyl (C=O) groups is 2. The predicted molar refractivity (Wildman–Crippen MR) is 164 cm³/mol. The van der Waals surface area contributed by atoms with Gasteiger partial charge >= 0.3 is 6.09 Å². The molecule has 41 heavy (non-hydrogen) atoms. The number of benzene rings is 3. The fraction of sp³-hybridized carbons (Fsp3) is 0.281. The van der Waals surface area contributed by atoms with Crippen LogP contribution in [0.25, 0.3) is 0 Å². The Bertz CT molecular complexity index is 1310. The number of hydrogen-bond acceptors (Lipinski definition) is 4. The monoisotopic (exact) mass is 611 g/mol. The SMILES string of the molecule is CC(C)C(C=O)N(CCc1cn(C(c2ccccc2)(c2ccccc2)c2ccccc2)cn1)C(=O)OCC(Cl)(Cl)Cl. The molecule has 0 spiro atoms. The standard InChI is InChI=1S/C32H32Cl3N3O3/c1-24(2)29(21-39)38(30(40)41-22-31(33,34)35)19-18-28-20-37(23-36-28)32(25-12-6-3-7-13-25,26-14-8-4-9-15-26)27-16-10-5-11-17-27/h3-17,20-21,23-24,29H,18-19,22H2,1-2H3. The Kier molecular flexibility index (Phi) is 10.1. The Labute approximate surface area is 255 Å². The van der Waals surface area contributed by atoms with Gasteiger partial charge in [-0.25, -0.2) is 9.78 Å². The van der Waals surface area contributed by atoms with Crippen molar-refractivity contribution in [3.8, 4) is 0 Å². The third-order valence-electron chi connectivity index (χ3n) is 6.98. The van der Waals surface area contributed by atoms with Gasteiger partial charge in [-0.05, 0) is 22.6 Å². The van der Waals surface area contributed by atoms with E-state index in [1.54, 1.807) is 0 Å². The van der Waals surface area contributed by atoms with Crippen molar-refractivity contribution < 1.29 is 14.3 Å². The Morgan fingerprint density at radius 2 is 1.39 bits per heavy atom. The van der Waals surface area contributed by atoms with Crippen molar-refractivity contribution in [2.24, 2.45) is 5.92 Å². The van der Waals surface area contributed by atoms with Crippen LogP contribution in [0.4, 0.5) is 4.79 Å². The van der Waals surface area contributed by atoms with Gasteiger partial charge in [-0.1, -0.05) is 140 Å². The van der Waals surface area contributed by atoms with E-state index in [9.17, 15) is 9.59 Å². The fourth-order valence-corrected chi connectivity index (χ4v) is 5.24. The van der Waals surface area contributed by atoms with Gasteiger partial charge in [-0.15, -0.1) is 0 Å². The molecule has 1 unspecified atom stereocenters. The number of rotatable bonds is 11. The highest BCUT2D eigenvalue weighted by Gasteiger charge is 2.38. The highest BCUT2D eigenvalue weighted by Crippen LogP contribution is 2.40. The maximum Gasteiger partial charge on any atom is 0.410 e. The minimum Gasteiger partial charge on any atom is -0.445 e. The van der Waals surface area contributed by atoms with Gasteiger partial charge in [0.2, 0.25) is 3.79 Å². The summed E-state index contributed by atoms with van der Waals surface area (Å²) >= 11 is 17.3. The molecule has 0 radical (unpaired) electrons. The molecule has 0 aliphatic heterocycles. The second-order valence-electron chi connectivity index (χ2n) is 10.1. The van der Waals surface area contributed by atoms with Crippen molar-refractivity contribution >= 4 is 47.2 Å². The van der Waals surface area contributed by atoms with E-state index in [1.165, 1.54) is 4.90 Å². The van der Waals surface area contributed by atoms with E-state index in [-0.39, 0.29) is 12.5 Å². The van der Waals surface area contributed by atoms with Crippen LogP contribution >= 0.6 is 34.8 Å². The number of halogens is 3. The molecule has 0 N–H and O–H groups in total. The maximum absolute atomic E-state index is 13.0. The second kappa shape index (κ2) is 13.6. The number of ether oxygens (including phenoxy) is 1. The molecular formula is C32H32Cl3N3O3. The lowest BCUT2D eigenvalue weighted by atomic mass is 9.77. The van der Waals surface area contributed by atoms with Gasteiger partial charge in [-0.3, -0.25) is 4.90 Å². The molecule has 1 atom stereocenters. The van der Waals surface area contributed by atoms with Crippen LogP contribution in [0.2, 0.25) is 0 Å². The third-order valence-corrected chi connectivity index (χ3v) is 7.31. The summed E-state index contributed by atoms with van der Waals surface area (Å²) in [7, 11) is 0. The van der Waals surface area contributed by atoms with Gasteiger partial charge < -0.3 is 14.1 Å². The minimum atomic E-state index is -1.76. The summed E-state index contributed by atoms with van der Waals surface area (Å²) < 4.78 is 5.57. The maximum atomic E-state index is 13.0.